The Hall–Kier alpha value is -2.08. The summed E-state index contributed by atoms with van der Waals surface area (Å²) in [6, 6.07) is 5.74. The highest BCUT2D eigenvalue weighted by Gasteiger charge is 2.29. The van der Waals surface area contributed by atoms with Gasteiger partial charge in [-0.05, 0) is 36.5 Å². The summed E-state index contributed by atoms with van der Waals surface area (Å²) < 4.78 is 10.2. The van der Waals surface area contributed by atoms with E-state index in [0.29, 0.717) is 17.2 Å². The van der Waals surface area contributed by atoms with Gasteiger partial charge in [-0.3, -0.25) is 14.0 Å². The molecule has 5 nitrogen and oxygen atoms in total. The van der Waals surface area contributed by atoms with Crippen molar-refractivity contribution in [1.29, 1.82) is 0 Å². The van der Waals surface area contributed by atoms with E-state index in [1.807, 2.05) is 6.07 Å². The number of hydrogen-bond acceptors (Lipinski definition) is 4. The molecule has 0 unspecified atom stereocenters. The Labute approximate surface area is 117 Å². The third kappa shape index (κ3) is 1.42. The maximum absolute atomic E-state index is 12.6. The van der Waals surface area contributed by atoms with E-state index in [-0.39, 0.29) is 16.4 Å². The molecular weight excluding hydrogens is 276 g/mol. The minimum Gasteiger partial charge on any atom is -0.495 e. The molecule has 1 aliphatic rings. The molecule has 20 heavy (non-hydrogen) atoms. The van der Waals surface area contributed by atoms with Crippen molar-refractivity contribution in [2.75, 3.05) is 7.11 Å². The molecule has 0 bridgehead atoms. The van der Waals surface area contributed by atoms with E-state index < -0.39 is 0 Å². The topological polar surface area (TPSA) is 64.1 Å². The van der Waals surface area contributed by atoms with Gasteiger partial charge in [0, 0.05) is 6.04 Å². The molecule has 1 aromatic carbocycles. The zero-order valence-electron chi connectivity index (χ0n) is 10.8. The molecule has 0 radical (unpaired) electrons. The van der Waals surface area contributed by atoms with Crippen LogP contribution in [0.25, 0.3) is 21.1 Å². The molecule has 1 aliphatic carbocycles. The molecule has 0 amide bonds. The number of rotatable bonds is 2. The van der Waals surface area contributed by atoms with Crippen LogP contribution in [0.1, 0.15) is 18.9 Å². The van der Waals surface area contributed by atoms with Crippen LogP contribution in [0, 0.1) is 0 Å². The van der Waals surface area contributed by atoms with Gasteiger partial charge in [0.15, 0.2) is 0 Å². The summed E-state index contributed by atoms with van der Waals surface area (Å²) in [5.41, 5.74) is 0.285. The second kappa shape index (κ2) is 3.96. The van der Waals surface area contributed by atoms with E-state index in [2.05, 4.69) is 8.94 Å². The zero-order valence-corrected chi connectivity index (χ0v) is 11.6. The minimum atomic E-state index is -0.297. The molecule has 2 heterocycles. The number of aromatic amines is 1. The van der Waals surface area contributed by atoms with Crippen LogP contribution in [0.4, 0.5) is 0 Å². The fourth-order valence-electron chi connectivity index (χ4n) is 2.70. The molecule has 1 fully saturated rings. The number of fused-ring (bicyclic) bond motifs is 2. The summed E-state index contributed by atoms with van der Waals surface area (Å²) in [5.74, 6) is 0.675. The normalized spacial score (nSPS) is 15.1. The van der Waals surface area contributed by atoms with Crippen LogP contribution >= 0.6 is 11.5 Å². The standard InChI is InChI=1S/C14H12N2O3S/c1-19-9-4-2-3-8-11(9)16(7-5-6-7)14-10(12(8)17)13(18)15-20-14/h2-4,7H,5-6H2,1H3,(H,15,18). The lowest BCUT2D eigenvalue weighted by Crippen LogP contribution is -2.15. The largest absolute Gasteiger partial charge is 0.495 e. The molecular formula is C14H12N2O3S. The molecule has 2 aromatic heterocycles. The number of nitrogens with one attached hydrogen (secondary N) is 1. The van der Waals surface area contributed by atoms with Crippen molar-refractivity contribution in [1.82, 2.24) is 8.94 Å². The number of para-hydroxylation sites is 1. The van der Waals surface area contributed by atoms with E-state index in [4.69, 9.17) is 4.74 Å². The van der Waals surface area contributed by atoms with Gasteiger partial charge in [-0.2, -0.15) is 0 Å². The molecule has 4 rings (SSSR count). The molecule has 1 saturated carbocycles. The lowest BCUT2D eigenvalue weighted by atomic mass is 10.1. The van der Waals surface area contributed by atoms with E-state index in [0.717, 1.165) is 23.2 Å². The van der Waals surface area contributed by atoms with Crippen molar-refractivity contribution in [2.45, 2.75) is 18.9 Å². The van der Waals surface area contributed by atoms with Gasteiger partial charge in [0.2, 0.25) is 5.43 Å². The second-order valence-corrected chi connectivity index (χ2v) is 5.80. The average molecular weight is 288 g/mol. The minimum absolute atomic E-state index is 0.215. The van der Waals surface area contributed by atoms with Gasteiger partial charge in [0.05, 0.1) is 18.0 Å². The van der Waals surface area contributed by atoms with E-state index >= 15 is 0 Å². The van der Waals surface area contributed by atoms with Crippen LogP contribution in [0.3, 0.4) is 0 Å². The van der Waals surface area contributed by atoms with Gasteiger partial charge < -0.3 is 9.30 Å². The summed E-state index contributed by atoms with van der Waals surface area (Å²) in [7, 11) is 1.60. The Balaban J connectivity index is 2.35. The summed E-state index contributed by atoms with van der Waals surface area (Å²) in [4.78, 5) is 25.2. The maximum atomic E-state index is 12.6. The summed E-state index contributed by atoms with van der Waals surface area (Å²) in [6.45, 7) is 0. The molecule has 1 N–H and O–H groups in total. The third-order valence-corrected chi connectivity index (χ3v) is 4.63. The fraction of sp³-hybridized carbons (Fsp3) is 0.286. The average Bonchev–Trinajstić information content (AvgIpc) is 3.22. The van der Waals surface area contributed by atoms with Crippen LogP contribution in [-0.4, -0.2) is 16.1 Å². The zero-order chi connectivity index (χ0) is 13.9. The molecule has 0 spiro atoms. The number of aromatic nitrogens is 2. The fourth-order valence-corrected chi connectivity index (χ4v) is 3.62. The summed E-state index contributed by atoms with van der Waals surface area (Å²) >= 11 is 1.23. The first kappa shape index (κ1) is 11.7. The molecule has 102 valence electrons. The van der Waals surface area contributed by atoms with Gasteiger partial charge in [-0.25, -0.2) is 0 Å². The van der Waals surface area contributed by atoms with Crippen LogP contribution in [0.2, 0.25) is 0 Å². The first-order valence-electron chi connectivity index (χ1n) is 6.44. The smallest absolute Gasteiger partial charge is 0.271 e. The Kier molecular flexibility index (Phi) is 2.32. The predicted octanol–water partition coefficient (Wildman–Crippen LogP) is 2.25. The summed E-state index contributed by atoms with van der Waals surface area (Å²) in [6.07, 6.45) is 2.13. The Bertz CT molecular complexity index is 947. The lowest BCUT2D eigenvalue weighted by Gasteiger charge is -2.14. The van der Waals surface area contributed by atoms with Crippen molar-refractivity contribution in [2.24, 2.45) is 0 Å². The third-order valence-electron chi connectivity index (χ3n) is 3.74. The van der Waals surface area contributed by atoms with Crippen LogP contribution in [0.5, 0.6) is 5.75 Å². The van der Waals surface area contributed by atoms with Crippen molar-refractivity contribution in [3.63, 3.8) is 0 Å². The van der Waals surface area contributed by atoms with Crippen molar-refractivity contribution >= 4 is 32.7 Å². The second-order valence-electron chi connectivity index (χ2n) is 5.00. The Morgan fingerprint density at radius 3 is 2.85 bits per heavy atom. The van der Waals surface area contributed by atoms with E-state index in [1.54, 1.807) is 19.2 Å². The molecule has 0 saturated heterocycles. The number of pyridine rings is 1. The van der Waals surface area contributed by atoms with Gasteiger partial charge >= 0.3 is 0 Å². The van der Waals surface area contributed by atoms with Crippen LogP contribution in [0.15, 0.2) is 27.8 Å². The molecule has 6 heteroatoms. The van der Waals surface area contributed by atoms with E-state index in [1.165, 1.54) is 11.5 Å². The van der Waals surface area contributed by atoms with Gasteiger partial charge in [-0.1, -0.05) is 6.07 Å². The van der Waals surface area contributed by atoms with Crippen LogP contribution < -0.4 is 15.7 Å². The SMILES string of the molecule is COc1cccc2c(=O)c3c(=O)[nH]sc3n(C3CC3)c12. The number of hydrogen-bond donors (Lipinski definition) is 1. The predicted molar refractivity (Wildman–Crippen MR) is 79.0 cm³/mol. The highest BCUT2D eigenvalue weighted by Crippen LogP contribution is 2.41. The van der Waals surface area contributed by atoms with Crippen LogP contribution in [-0.2, 0) is 0 Å². The highest BCUT2D eigenvalue weighted by molar-refractivity contribution is 7.12. The summed E-state index contributed by atoms with van der Waals surface area (Å²) in [5, 5.41) is 0.815. The first-order valence-corrected chi connectivity index (χ1v) is 7.26. The maximum Gasteiger partial charge on any atom is 0.271 e. The quantitative estimate of drug-likeness (QED) is 0.786. The van der Waals surface area contributed by atoms with Crippen molar-refractivity contribution in [3.05, 3.63) is 38.8 Å². The monoisotopic (exact) mass is 288 g/mol. The van der Waals surface area contributed by atoms with Gasteiger partial charge in [-0.15, -0.1) is 0 Å². The number of H-pyrrole nitrogens is 1. The number of nitrogens with zero attached hydrogens (tertiary/aromatic N) is 1. The van der Waals surface area contributed by atoms with Gasteiger partial charge in [0.25, 0.3) is 5.56 Å². The number of ether oxygens (including phenoxy) is 1. The van der Waals surface area contributed by atoms with Crippen molar-refractivity contribution < 1.29 is 4.74 Å². The number of benzene rings is 1. The molecule has 0 atom stereocenters. The first-order chi connectivity index (χ1) is 9.72. The van der Waals surface area contributed by atoms with Gasteiger partial charge in [0.1, 0.15) is 16.0 Å². The van der Waals surface area contributed by atoms with E-state index in [9.17, 15) is 9.59 Å². The highest BCUT2D eigenvalue weighted by atomic mass is 32.1. The molecule has 0 aliphatic heterocycles. The lowest BCUT2D eigenvalue weighted by molar-refractivity contribution is 0.417. The number of methoxy groups -OCH3 is 1. The Morgan fingerprint density at radius 1 is 1.35 bits per heavy atom. The Morgan fingerprint density at radius 2 is 2.15 bits per heavy atom. The van der Waals surface area contributed by atoms with Crippen molar-refractivity contribution in [3.8, 4) is 5.75 Å². The molecule has 3 aromatic rings.